The molecule has 1 aromatic carbocycles. The van der Waals surface area contributed by atoms with Crippen molar-refractivity contribution in [3.05, 3.63) is 23.2 Å². The van der Waals surface area contributed by atoms with Crippen LogP contribution in [0.2, 0.25) is 5.02 Å². The van der Waals surface area contributed by atoms with Crippen molar-refractivity contribution in [2.75, 3.05) is 16.4 Å². The van der Waals surface area contributed by atoms with Crippen LogP contribution < -0.4 is 22.1 Å². The van der Waals surface area contributed by atoms with Gasteiger partial charge in [0.2, 0.25) is 5.95 Å². The summed E-state index contributed by atoms with van der Waals surface area (Å²) in [7, 11) is 0. The van der Waals surface area contributed by atoms with E-state index in [1.165, 1.54) is 0 Å². The molecule has 0 atom stereocenters. The number of aromatic nitrogens is 5. The number of halogens is 1. The fraction of sp³-hybridized carbons (Fsp3) is 0.474. The fourth-order valence-corrected chi connectivity index (χ4v) is 3.70. The first-order valence-electron chi connectivity index (χ1n) is 9.88. The van der Waals surface area contributed by atoms with Gasteiger partial charge in [0.15, 0.2) is 17.0 Å². The third-order valence-electron chi connectivity index (χ3n) is 5.18. The van der Waals surface area contributed by atoms with Crippen molar-refractivity contribution in [3.8, 4) is 0 Å². The van der Waals surface area contributed by atoms with Crippen molar-refractivity contribution in [1.29, 1.82) is 0 Å². The van der Waals surface area contributed by atoms with Gasteiger partial charge in [0.25, 0.3) is 0 Å². The maximum Gasteiger partial charge on any atom is 0.227 e. The van der Waals surface area contributed by atoms with E-state index in [1.54, 1.807) is 16.8 Å². The number of hydrogen-bond acceptors (Lipinski definition) is 8. The van der Waals surface area contributed by atoms with Crippen LogP contribution in [0.1, 0.15) is 45.6 Å². The lowest BCUT2D eigenvalue weighted by molar-refractivity contribution is 0.410. The maximum absolute atomic E-state index is 6.16. The summed E-state index contributed by atoms with van der Waals surface area (Å²) < 4.78 is 1.79. The molecule has 154 valence electrons. The summed E-state index contributed by atoms with van der Waals surface area (Å²) in [6.45, 7) is 4.08. The molecule has 29 heavy (non-hydrogen) atoms. The van der Waals surface area contributed by atoms with Crippen molar-refractivity contribution in [2.45, 2.75) is 57.7 Å². The molecular weight excluding hydrogens is 390 g/mol. The highest BCUT2D eigenvalue weighted by molar-refractivity contribution is 6.33. The molecule has 0 radical (unpaired) electrons. The second-order valence-electron chi connectivity index (χ2n) is 7.81. The van der Waals surface area contributed by atoms with Gasteiger partial charge in [0, 0.05) is 17.8 Å². The largest absolute Gasteiger partial charge is 0.398 e. The molecule has 1 saturated carbocycles. The monoisotopic (exact) mass is 415 g/mol. The van der Waals surface area contributed by atoms with Crippen molar-refractivity contribution in [1.82, 2.24) is 25.0 Å². The number of nitrogens with zero attached hydrogens (tertiary/aromatic N) is 5. The molecule has 1 aliphatic carbocycles. The molecule has 0 aliphatic heterocycles. The molecule has 1 aliphatic rings. The summed E-state index contributed by atoms with van der Waals surface area (Å²) in [6, 6.07) is 6.06. The van der Waals surface area contributed by atoms with Gasteiger partial charge < -0.3 is 22.1 Å². The third-order valence-corrected chi connectivity index (χ3v) is 5.51. The van der Waals surface area contributed by atoms with Gasteiger partial charge in [-0.1, -0.05) is 16.8 Å². The number of nitrogens with two attached hydrogens (primary N) is 2. The lowest BCUT2D eigenvalue weighted by Gasteiger charge is -2.26. The van der Waals surface area contributed by atoms with E-state index >= 15 is 0 Å². The van der Waals surface area contributed by atoms with E-state index < -0.39 is 0 Å². The number of benzene rings is 1. The van der Waals surface area contributed by atoms with Gasteiger partial charge in [-0.05, 0) is 57.7 Å². The van der Waals surface area contributed by atoms with E-state index in [1.807, 2.05) is 19.9 Å². The maximum atomic E-state index is 6.16. The van der Waals surface area contributed by atoms with Crippen molar-refractivity contribution in [2.24, 2.45) is 5.73 Å². The molecule has 1 fully saturated rings. The van der Waals surface area contributed by atoms with Crippen molar-refractivity contribution >= 4 is 45.9 Å². The van der Waals surface area contributed by atoms with Crippen LogP contribution in [0, 0.1) is 0 Å². The SMILES string of the molecule is CC(C)n1nnc2c(Nc3ccc(N)c(Cl)c3)nc(NC3CCC(N)CC3)nc21. The molecule has 6 N–H and O–H groups in total. The molecule has 0 spiro atoms. The number of fused-ring (bicyclic) bond motifs is 1. The van der Waals surface area contributed by atoms with Gasteiger partial charge in [-0.2, -0.15) is 9.97 Å². The first-order valence-corrected chi connectivity index (χ1v) is 10.3. The Labute approximate surface area is 174 Å². The smallest absolute Gasteiger partial charge is 0.227 e. The highest BCUT2D eigenvalue weighted by Crippen LogP contribution is 2.29. The minimum atomic E-state index is 0.120. The van der Waals surface area contributed by atoms with Crippen LogP contribution in [0.25, 0.3) is 11.2 Å². The molecular formula is C19H26ClN9. The Bertz CT molecular complexity index is 1010. The minimum Gasteiger partial charge on any atom is -0.398 e. The number of anilines is 4. The zero-order valence-corrected chi connectivity index (χ0v) is 17.3. The van der Waals surface area contributed by atoms with Gasteiger partial charge in [-0.15, -0.1) is 5.10 Å². The van der Waals surface area contributed by atoms with Crippen LogP contribution >= 0.6 is 11.6 Å². The van der Waals surface area contributed by atoms with Crippen LogP contribution in [0.3, 0.4) is 0 Å². The Morgan fingerprint density at radius 3 is 2.62 bits per heavy atom. The summed E-state index contributed by atoms with van der Waals surface area (Å²) in [6.07, 6.45) is 4.00. The molecule has 2 heterocycles. The summed E-state index contributed by atoms with van der Waals surface area (Å²) in [4.78, 5) is 9.38. The molecule has 0 amide bonds. The minimum absolute atomic E-state index is 0.120. The summed E-state index contributed by atoms with van der Waals surface area (Å²) in [5, 5.41) is 15.8. The van der Waals surface area contributed by atoms with Gasteiger partial charge in [-0.25, -0.2) is 4.68 Å². The first-order chi connectivity index (χ1) is 13.9. The van der Waals surface area contributed by atoms with E-state index in [2.05, 4.69) is 25.9 Å². The molecule has 0 bridgehead atoms. The average molecular weight is 416 g/mol. The van der Waals surface area contributed by atoms with Crippen molar-refractivity contribution in [3.63, 3.8) is 0 Å². The second kappa shape index (κ2) is 8.00. The Morgan fingerprint density at radius 1 is 1.17 bits per heavy atom. The highest BCUT2D eigenvalue weighted by Gasteiger charge is 2.21. The molecule has 4 rings (SSSR count). The molecule has 0 unspecified atom stereocenters. The normalized spacial score (nSPS) is 19.6. The zero-order chi connectivity index (χ0) is 20.5. The van der Waals surface area contributed by atoms with Gasteiger partial charge in [0.05, 0.1) is 16.8 Å². The third kappa shape index (κ3) is 4.20. The Morgan fingerprint density at radius 2 is 1.93 bits per heavy atom. The van der Waals surface area contributed by atoms with Crippen LogP contribution in [-0.4, -0.2) is 37.0 Å². The summed E-state index contributed by atoms with van der Waals surface area (Å²) in [5.41, 5.74) is 14.4. The molecule has 3 aromatic rings. The number of nitrogen functional groups attached to an aromatic ring is 1. The lowest BCUT2D eigenvalue weighted by Crippen LogP contribution is -2.33. The topological polar surface area (TPSA) is 133 Å². The zero-order valence-electron chi connectivity index (χ0n) is 16.6. The Balaban J connectivity index is 1.70. The standard InChI is InChI=1S/C19H26ClN9/c1-10(2)29-18-16(27-28-29)17(23-13-7-8-15(22)14(20)9-13)25-19(26-18)24-12-5-3-11(21)4-6-12/h7-12H,3-6,21-22H2,1-2H3,(H2,23,24,25,26). The summed E-state index contributed by atoms with van der Waals surface area (Å²) in [5.74, 6) is 1.11. The Hall–Kier alpha value is -2.65. The highest BCUT2D eigenvalue weighted by atomic mass is 35.5. The molecule has 10 heteroatoms. The number of hydrogen-bond donors (Lipinski definition) is 4. The molecule has 2 aromatic heterocycles. The Kier molecular flexibility index (Phi) is 5.42. The first kappa shape index (κ1) is 19.7. The van der Waals surface area contributed by atoms with E-state index in [0.29, 0.717) is 39.7 Å². The van der Waals surface area contributed by atoms with Crippen LogP contribution in [0.5, 0.6) is 0 Å². The average Bonchev–Trinajstić information content (AvgIpc) is 3.11. The van der Waals surface area contributed by atoms with E-state index in [4.69, 9.17) is 28.1 Å². The number of rotatable bonds is 5. The van der Waals surface area contributed by atoms with E-state index in [0.717, 1.165) is 31.4 Å². The lowest BCUT2D eigenvalue weighted by atomic mass is 9.92. The van der Waals surface area contributed by atoms with Gasteiger partial charge in [-0.3, -0.25) is 0 Å². The number of nitrogens with one attached hydrogen (secondary N) is 2. The second-order valence-corrected chi connectivity index (χ2v) is 8.22. The van der Waals surface area contributed by atoms with Crippen LogP contribution in [0.4, 0.5) is 23.1 Å². The van der Waals surface area contributed by atoms with Crippen molar-refractivity contribution < 1.29 is 0 Å². The summed E-state index contributed by atoms with van der Waals surface area (Å²) >= 11 is 6.16. The predicted molar refractivity (Wildman–Crippen MR) is 117 cm³/mol. The molecule has 9 nitrogen and oxygen atoms in total. The van der Waals surface area contributed by atoms with Gasteiger partial charge >= 0.3 is 0 Å². The van der Waals surface area contributed by atoms with E-state index in [-0.39, 0.29) is 12.1 Å². The fourth-order valence-electron chi connectivity index (χ4n) is 3.52. The van der Waals surface area contributed by atoms with Crippen LogP contribution in [-0.2, 0) is 0 Å². The van der Waals surface area contributed by atoms with E-state index in [9.17, 15) is 0 Å². The quantitative estimate of drug-likeness (QED) is 0.465. The molecule has 0 saturated heterocycles. The predicted octanol–water partition coefficient (Wildman–Crippen LogP) is 3.46. The van der Waals surface area contributed by atoms with Gasteiger partial charge in [0.1, 0.15) is 0 Å². The van der Waals surface area contributed by atoms with Crippen LogP contribution in [0.15, 0.2) is 18.2 Å².